The van der Waals surface area contributed by atoms with E-state index in [9.17, 15) is 5.11 Å². The molecule has 0 bridgehead atoms. The number of aliphatic hydroxyl groups is 1. The first-order valence-electron chi connectivity index (χ1n) is 5.01. The van der Waals surface area contributed by atoms with Crippen molar-refractivity contribution in [3.8, 4) is 0 Å². The lowest BCUT2D eigenvalue weighted by atomic mass is 10.1. The molecule has 1 aromatic carbocycles. The number of hydrogen-bond donors (Lipinski definition) is 3. The molecule has 0 spiro atoms. The Hall–Kier alpha value is -0.970. The zero-order chi connectivity index (χ0) is 12.1. The van der Waals surface area contributed by atoms with Crippen LogP contribution in [0, 0.1) is 6.92 Å². The van der Waals surface area contributed by atoms with E-state index in [2.05, 4.69) is 5.32 Å². The van der Waals surface area contributed by atoms with Crippen molar-refractivity contribution in [2.75, 3.05) is 31.3 Å². The van der Waals surface area contributed by atoms with Crippen LogP contribution in [0.15, 0.2) is 12.1 Å². The highest BCUT2D eigenvalue weighted by molar-refractivity contribution is 6.33. The summed E-state index contributed by atoms with van der Waals surface area (Å²) in [6.45, 7) is 2.64. The maximum atomic E-state index is 9.48. The quantitative estimate of drug-likeness (QED) is 0.689. The van der Waals surface area contributed by atoms with Gasteiger partial charge in [-0.3, -0.25) is 0 Å². The van der Waals surface area contributed by atoms with Crippen molar-refractivity contribution in [3.63, 3.8) is 0 Å². The minimum absolute atomic E-state index is 0.300. The average Bonchev–Trinajstić information content (AvgIpc) is 2.22. The Kier molecular flexibility index (Phi) is 4.86. The van der Waals surface area contributed by atoms with Gasteiger partial charge in [-0.1, -0.05) is 11.6 Å². The maximum absolute atomic E-state index is 9.48. The number of nitrogen functional groups attached to an aromatic ring is 1. The van der Waals surface area contributed by atoms with Crippen molar-refractivity contribution in [1.29, 1.82) is 0 Å². The van der Waals surface area contributed by atoms with Crippen LogP contribution < -0.4 is 11.1 Å². The summed E-state index contributed by atoms with van der Waals surface area (Å²) in [6, 6.07) is 3.55. The van der Waals surface area contributed by atoms with Crippen LogP contribution in [0.2, 0.25) is 5.02 Å². The first kappa shape index (κ1) is 13.1. The van der Waals surface area contributed by atoms with E-state index < -0.39 is 6.10 Å². The largest absolute Gasteiger partial charge is 0.398 e. The second-order valence-electron chi connectivity index (χ2n) is 3.68. The number of methoxy groups -OCH3 is 1. The second-order valence-corrected chi connectivity index (χ2v) is 4.09. The number of ether oxygens (including phenoxy) is 1. The van der Waals surface area contributed by atoms with E-state index in [1.54, 1.807) is 19.2 Å². The van der Waals surface area contributed by atoms with Crippen molar-refractivity contribution >= 4 is 23.0 Å². The lowest BCUT2D eigenvalue weighted by Gasteiger charge is -2.14. The maximum Gasteiger partial charge on any atom is 0.0945 e. The minimum atomic E-state index is -0.541. The summed E-state index contributed by atoms with van der Waals surface area (Å²) in [6.07, 6.45) is -0.541. The number of aryl methyl sites for hydroxylation is 1. The summed E-state index contributed by atoms with van der Waals surface area (Å²) in [5.41, 5.74) is 8.08. The van der Waals surface area contributed by atoms with Crippen LogP contribution in [-0.4, -0.2) is 31.5 Å². The summed E-state index contributed by atoms with van der Waals surface area (Å²) < 4.78 is 4.83. The highest BCUT2D eigenvalue weighted by Crippen LogP contribution is 2.26. The zero-order valence-electron chi connectivity index (χ0n) is 9.46. The van der Waals surface area contributed by atoms with E-state index in [0.29, 0.717) is 23.9 Å². The number of nitrogens with two attached hydrogens (primary N) is 1. The molecular weight excluding hydrogens is 228 g/mol. The van der Waals surface area contributed by atoms with Crippen LogP contribution in [0.4, 0.5) is 11.4 Å². The van der Waals surface area contributed by atoms with E-state index >= 15 is 0 Å². The summed E-state index contributed by atoms with van der Waals surface area (Å²) in [5, 5.41) is 13.1. The molecule has 0 amide bonds. The molecule has 0 aliphatic rings. The molecule has 4 N–H and O–H groups in total. The highest BCUT2D eigenvalue weighted by atomic mass is 35.5. The van der Waals surface area contributed by atoms with Gasteiger partial charge in [0.2, 0.25) is 0 Å². The molecule has 0 aromatic heterocycles. The third-order valence-electron chi connectivity index (χ3n) is 2.23. The Bertz CT molecular complexity index is 358. The van der Waals surface area contributed by atoms with Gasteiger partial charge in [0.1, 0.15) is 0 Å². The van der Waals surface area contributed by atoms with E-state index in [1.165, 1.54) is 0 Å². The number of nitrogens with one attached hydrogen (secondary N) is 1. The molecule has 0 heterocycles. The Morgan fingerprint density at radius 1 is 1.56 bits per heavy atom. The molecule has 0 saturated carbocycles. The molecule has 90 valence electrons. The van der Waals surface area contributed by atoms with Crippen LogP contribution in [0.3, 0.4) is 0 Å². The fraction of sp³-hybridized carbons (Fsp3) is 0.455. The molecule has 4 nitrogen and oxygen atoms in total. The third kappa shape index (κ3) is 3.56. The predicted octanol–water partition coefficient (Wildman–Crippen LogP) is 1.65. The first-order chi connectivity index (χ1) is 7.54. The van der Waals surface area contributed by atoms with E-state index in [1.807, 2.05) is 6.92 Å². The Balaban J connectivity index is 2.63. The van der Waals surface area contributed by atoms with Crippen LogP contribution in [0.5, 0.6) is 0 Å². The number of halogens is 1. The number of benzene rings is 1. The normalized spacial score (nSPS) is 12.5. The molecule has 0 aliphatic heterocycles. The van der Waals surface area contributed by atoms with Crippen molar-refractivity contribution < 1.29 is 9.84 Å². The van der Waals surface area contributed by atoms with Gasteiger partial charge in [0.25, 0.3) is 0 Å². The second kappa shape index (κ2) is 5.94. The molecule has 5 heteroatoms. The van der Waals surface area contributed by atoms with Gasteiger partial charge in [-0.25, -0.2) is 0 Å². The van der Waals surface area contributed by atoms with Gasteiger partial charge < -0.3 is 20.9 Å². The minimum Gasteiger partial charge on any atom is -0.398 e. The van der Waals surface area contributed by atoms with Crippen molar-refractivity contribution in [2.45, 2.75) is 13.0 Å². The van der Waals surface area contributed by atoms with Gasteiger partial charge in [0, 0.05) is 19.3 Å². The molecule has 0 aliphatic carbocycles. The molecule has 1 aromatic rings. The number of anilines is 2. The smallest absolute Gasteiger partial charge is 0.0945 e. The number of aliphatic hydroxyl groups excluding tert-OH is 1. The Morgan fingerprint density at radius 3 is 2.88 bits per heavy atom. The average molecular weight is 245 g/mol. The van der Waals surface area contributed by atoms with Gasteiger partial charge in [0.05, 0.1) is 23.4 Å². The topological polar surface area (TPSA) is 67.5 Å². The molecule has 1 atom stereocenters. The van der Waals surface area contributed by atoms with Crippen molar-refractivity contribution in [1.82, 2.24) is 0 Å². The standard InChI is InChI=1S/C11H17ClN2O2/c1-7-3-10(13)9(12)4-11(7)14-5-8(15)6-16-2/h3-4,8,14-15H,5-6,13H2,1-2H3. The summed E-state index contributed by atoms with van der Waals surface area (Å²) in [5.74, 6) is 0. The van der Waals surface area contributed by atoms with Crippen molar-refractivity contribution in [3.05, 3.63) is 22.7 Å². The predicted molar refractivity (Wildman–Crippen MR) is 67.0 cm³/mol. The Labute approximate surface area is 100 Å². The summed E-state index contributed by atoms with van der Waals surface area (Å²) in [7, 11) is 1.55. The van der Waals surface area contributed by atoms with Gasteiger partial charge in [0.15, 0.2) is 0 Å². The molecule has 0 radical (unpaired) electrons. The van der Waals surface area contributed by atoms with E-state index in [4.69, 9.17) is 22.1 Å². The lowest BCUT2D eigenvalue weighted by Crippen LogP contribution is -2.24. The SMILES string of the molecule is COCC(O)CNc1cc(Cl)c(N)cc1C. The van der Waals surface area contributed by atoms with Crippen LogP contribution in [-0.2, 0) is 4.74 Å². The van der Waals surface area contributed by atoms with Crippen LogP contribution in [0.25, 0.3) is 0 Å². The number of hydrogen-bond acceptors (Lipinski definition) is 4. The Morgan fingerprint density at radius 2 is 2.25 bits per heavy atom. The highest BCUT2D eigenvalue weighted by Gasteiger charge is 2.06. The summed E-state index contributed by atoms with van der Waals surface area (Å²) >= 11 is 5.91. The van der Waals surface area contributed by atoms with E-state index in [-0.39, 0.29) is 0 Å². The van der Waals surface area contributed by atoms with Gasteiger partial charge in [-0.2, -0.15) is 0 Å². The van der Waals surface area contributed by atoms with Gasteiger partial charge in [-0.05, 0) is 24.6 Å². The van der Waals surface area contributed by atoms with E-state index in [0.717, 1.165) is 11.3 Å². The molecule has 0 saturated heterocycles. The lowest BCUT2D eigenvalue weighted by molar-refractivity contribution is 0.0727. The fourth-order valence-corrected chi connectivity index (χ4v) is 1.54. The van der Waals surface area contributed by atoms with Crippen molar-refractivity contribution in [2.24, 2.45) is 0 Å². The molecule has 0 fully saturated rings. The van der Waals surface area contributed by atoms with Crippen LogP contribution >= 0.6 is 11.6 Å². The van der Waals surface area contributed by atoms with Gasteiger partial charge >= 0.3 is 0 Å². The van der Waals surface area contributed by atoms with Crippen LogP contribution in [0.1, 0.15) is 5.56 Å². The molecule has 1 rings (SSSR count). The summed E-state index contributed by atoms with van der Waals surface area (Å²) in [4.78, 5) is 0. The molecular formula is C11H17ClN2O2. The first-order valence-corrected chi connectivity index (χ1v) is 5.39. The third-order valence-corrected chi connectivity index (χ3v) is 2.56. The monoisotopic (exact) mass is 244 g/mol. The fourth-order valence-electron chi connectivity index (χ4n) is 1.37. The molecule has 1 unspecified atom stereocenters. The molecule has 16 heavy (non-hydrogen) atoms. The van der Waals surface area contributed by atoms with Gasteiger partial charge in [-0.15, -0.1) is 0 Å². The zero-order valence-corrected chi connectivity index (χ0v) is 10.2. The number of rotatable bonds is 5.